The summed E-state index contributed by atoms with van der Waals surface area (Å²) >= 11 is 13.6. The minimum atomic E-state index is -3.81. The lowest BCUT2D eigenvalue weighted by molar-refractivity contribution is -0.385. The van der Waals surface area contributed by atoms with E-state index >= 15 is 0 Å². The van der Waals surface area contributed by atoms with Crippen molar-refractivity contribution in [1.29, 1.82) is 0 Å². The highest BCUT2D eigenvalue weighted by Crippen LogP contribution is 2.27. The van der Waals surface area contributed by atoms with Crippen LogP contribution in [0.2, 0.25) is 10.0 Å². The minimum absolute atomic E-state index is 0.0723. The smallest absolute Gasteiger partial charge is 0.270 e. The highest BCUT2D eigenvalue weighted by Gasteiger charge is 2.30. The van der Waals surface area contributed by atoms with E-state index in [0.717, 1.165) is 22.5 Å². The highest BCUT2D eigenvalue weighted by molar-refractivity contribution is 7.89. The van der Waals surface area contributed by atoms with Gasteiger partial charge < -0.3 is 4.90 Å². The van der Waals surface area contributed by atoms with Gasteiger partial charge in [-0.15, -0.1) is 11.3 Å². The maximum Gasteiger partial charge on any atom is 0.270 e. The molecule has 0 bridgehead atoms. The average Bonchev–Trinajstić information content (AvgIpc) is 3.21. The number of hydrogen-bond donors (Lipinski definition) is 0. The average molecular weight is 513 g/mol. The number of nitro groups is 1. The van der Waals surface area contributed by atoms with E-state index in [9.17, 15) is 18.5 Å². The van der Waals surface area contributed by atoms with Crippen molar-refractivity contribution in [1.82, 2.24) is 9.29 Å². The van der Waals surface area contributed by atoms with E-state index < -0.39 is 14.9 Å². The van der Waals surface area contributed by atoms with Crippen LogP contribution in [0.5, 0.6) is 0 Å². The van der Waals surface area contributed by atoms with Gasteiger partial charge >= 0.3 is 0 Å². The lowest BCUT2D eigenvalue weighted by Crippen LogP contribution is -2.48. The van der Waals surface area contributed by atoms with E-state index in [1.54, 1.807) is 6.07 Å². The van der Waals surface area contributed by atoms with E-state index in [-0.39, 0.29) is 23.7 Å². The Morgan fingerprint density at radius 3 is 2.41 bits per heavy atom. The van der Waals surface area contributed by atoms with Crippen molar-refractivity contribution < 1.29 is 13.3 Å². The Bertz CT molecular complexity index is 1240. The Labute approximate surface area is 199 Å². The van der Waals surface area contributed by atoms with Gasteiger partial charge in [-0.1, -0.05) is 29.3 Å². The van der Waals surface area contributed by atoms with Crippen molar-refractivity contribution >= 4 is 55.4 Å². The lowest BCUT2D eigenvalue weighted by Gasteiger charge is -2.33. The van der Waals surface area contributed by atoms with Crippen molar-refractivity contribution in [2.45, 2.75) is 11.3 Å². The van der Waals surface area contributed by atoms with Crippen molar-refractivity contribution in [3.8, 4) is 0 Å². The number of aromatic nitrogens is 1. The van der Waals surface area contributed by atoms with Crippen LogP contribution in [-0.4, -0.2) is 48.8 Å². The third-order valence-electron chi connectivity index (χ3n) is 5.02. The number of sulfonamides is 1. The summed E-state index contributed by atoms with van der Waals surface area (Å²) < 4.78 is 27.2. The van der Waals surface area contributed by atoms with Crippen molar-refractivity contribution in [2.75, 3.05) is 31.1 Å². The Balaban J connectivity index is 1.42. The second-order valence-corrected chi connectivity index (χ2v) is 10.9. The van der Waals surface area contributed by atoms with Gasteiger partial charge in [0.25, 0.3) is 5.69 Å². The fraction of sp³-hybridized carbons (Fsp3) is 0.250. The normalized spacial score (nSPS) is 15.1. The van der Waals surface area contributed by atoms with Crippen LogP contribution in [0.4, 0.5) is 10.8 Å². The summed E-state index contributed by atoms with van der Waals surface area (Å²) in [5.74, 6) is 0. The molecule has 4 rings (SSSR count). The topological polar surface area (TPSA) is 96.6 Å². The zero-order chi connectivity index (χ0) is 22.9. The van der Waals surface area contributed by atoms with Gasteiger partial charge in [-0.25, -0.2) is 13.4 Å². The number of halogens is 2. The molecule has 1 aromatic heterocycles. The summed E-state index contributed by atoms with van der Waals surface area (Å²) in [6.45, 7) is 1.49. The molecule has 0 atom stereocenters. The zero-order valence-electron chi connectivity index (χ0n) is 16.6. The molecule has 0 spiro atoms. The Hall–Kier alpha value is -2.24. The van der Waals surface area contributed by atoms with Crippen molar-refractivity contribution in [3.63, 3.8) is 0 Å². The van der Waals surface area contributed by atoms with Crippen LogP contribution >= 0.6 is 34.5 Å². The molecule has 3 aromatic rings. The molecule has 2 aromatic carbocycles. The van der Waals surface area contributed by atoms with Crippen LogP contribution in [0.15, 0.2) is 52.7 Å². The molecule has 1 aliphatic heterocycles. The molecular weight excluding hydrogens is 495 g/mol. The third-order valence-corrected chi connectivity index (χ3v) is 8.30. The minimum Gasteiger partial charge on any atom is -0.345 e. The Morgan fingerprint density at radius 2 is 1.75 bits per heavy atom. The summed E-state index contributed by atoms with van der Waals surface area (Å²) in [7, 11) is -3.81. The molecule has 1 aliphatic rings. The predicted octanol–water partition coefficient (Wildman–Crippen LogP) is 4.46. The van der Waals surface area contributed by atoms with Crippen LogP contribution in [0.25, 0.3) is 0 Å². The van der Waals surface area contributed by atoms with Crippen LogP contribution in [0, 0.1) is 10.1 Å². The molecule has 8 nitrogen and oxygen atoms in total. The fourth-order valence-corrected chi connectivity index (χ4v) is 6.38. The predicted molar refractivity (Wildman–Crippen MR) is 125 cm³/mol. The van der Waals surface area contributed by atoms with Gasteiger partial charge in [0.1, 0.15) is 0 Å². The van der Waals surface area contributed by atoms with E-state index in [0.29, 0.717) is 29.6 Å². The molecule has 0 N–H and O–H groups in total. The number of nitro benzene ring substituents is 1. The molecule has 32 heavy (non-hydrogen) atoms. The Morgan fingerprint density at radius 1 is 1.06 bits per heavy atom. The number of piperazine rings is 1. The number of hydrogen-bond acceptors (Lipinski definition) is 7. The molecule has 0 unspecified atom stereocenters. The molecule has 2 heterocycles. The molecule has 12 heteroatoms. The Kier molecular flexibility index (Phi) is 6.68. The van der Waals surface area contributed by atoms with Crippen LogP contribution < -0.4 is 4.90 Å². The third kappa shape index (κ3) is 5.05. The molecule has 0 saturated carbocycles. The number of thiazole rings is 1. The SMILES string of the molecule is O=[N+]([O-])c1cccc(S(=O)(=O)N2CCN(c3nc(Cc4cc(Cl)cc(Cl)c4)cs3)CC2)c1. The molecular formula is C20H18Cl2N4O4S2. The second-order valence-electron chi connectivity index (χ2n) is 7.22. The molecule has 0 radical (unpaired) electrons. The highest BCUT2D eigenvalue weighted by atomic mass is 35.5. The molecule has 1 fully saturated rings. The van der Waals surface area contributed by atoms with Gasteiger partial charge in [-0.2, -0.15) is 4.31 Å². The molecule has 168 valence electrons. The second kappa shape index (κ2) is 9.32. The maximum absolute atomic E-state index is 12.9. The first kappa shape index (κ1) is 22.9. The van der Waals surface area contributed by atoms with Crippen LogP contribution in [0.1, 0.15) is 11.3 Å². The van der Waals surface area contributed by atoms with Gasteiger partial charge in [0.05, 0.1) is 15.5 Å². The number of non-ortho nitro benzene ring substituents is 1. The largest absolute Gasteiger partial charge is 0.345 e. The van der Waals surface area contributed by atoms with Gasteiger partial charge in [0, 0.05) is 60.2 Å². The first-order chi connectivity index (χ1) is 15.2. The summed E-state index contributed by atoms with van der Waals surface area (Å²) in [4.78, 5) is 17.0. The van der Waals surface area contributed by atoms with Gasteiger partial charge in [-0.05, 0) is 29.8 Å². The first-order valence-corrected chi connectivity index (χ1v) is 12.7. The van der Waals surface area contributed by atoms with Crippen LogP contribution in [0.3, 0.4) is 0 Å². The van der Waals surface area contributed by atoms with Crippen molar-refractivity contribution in [3.05, 3.63) is 79.3 Å². The van der Waals surface area contributed by atoms with Gasteiger partial charge in [0.15, 0.2) is 5.13 Å². The number of rotatable bonds is 6. The maximum atomic E-state index is 12.9. The number of benzene rings is 2. The van der Waals surface area contributed by atoms with E-state index in [1.807, 2.05) is 22.4 Å². The zero-order valence-corrected chi connectivity index (χ0v) is 19.8. The van der Waals surface area contributed by atoms with Gasteiger partial charge in [-0.3, -0.25) is 10.1 Å². The first-order valence-electron chi connectivity index (χ1n) is 9.61. The van der Waals surface area contributed by atoms with E-state index in [4.69, 9.17) is 23.2 Å². The fourth-order valence-electron chi connectivity index (χ4n) is 3.47. The van der Waals surface area contributed by atoms with Crippen molar-refractivity contribution in [2.24, 2.45) is 0 Å². The molecule has 1 saturated heterocycles. The van der Waals surface area contributed by atoms with E-state index in [1.165, 1.54) is 33.8 Å². The van der Waals surface area contributed by atoms with E-state index in [2.05, 4.69) is 4.98 Å². The quantitative estimate of drug-likeness (QED) is 0.357. The van der Waals surface area contributed by atoms with Gasteiger partial charge in [0.2, 0.25) is 10.0 Å². The summed E-state index contributed by atoms with van der Waals surface area (Å²) in [5.41, 5.74) is 1.60. The lowest BCUT2D eigenvalue weighted by atomic mass is 10.1. The molecule has 0 aliphatic carbocycles. The molecule has 0 amide bonds. The summed E-state index contributed by atoms with van der Waals surface area (Å²) in [6.07, 6.45) is 0.595. The summed E-state index contributed by atoms with van der Waals surface area (Å²) in [5, 5.41) is 14.9. The standard InChI is InChI=1S/C20H18Cl2N4O4S2/c21-15-8-14(9-16(22)11-15)10-17-13-31-20(23-17)24-4-6-25(7-5-24)32(29,30)19-3-1-2-18(12-19)26(27)28/h1-3,8-9,11-13H,4-7,10H2. The summed E-state index contributed by atoms with van der Waals surface area (Å²) in [6, 6.07) is 10.5. The number of anilines is 1. The number of nitrogens with zero attached hydrogens (tertiary/aromatic N) is 4. The van der Waals surface area contributed by atoms with Crippen LogP contribution in [-0.2, 0) is 16.4 Å². The monoisotopic (exact) mass is 512 g/mol.